The molecule has 2 amide bonds. The van der Waals surface area contributed by atoms with Crippen molar-refractivity contribution in [2.24, 2.45) is 0 Å². The molecule has 6 aromatic carbocycles. The van der Waals surface area contributed by atoms with Crippen LogP contribution in [0.2, 0.25) is 0 Å². The van der Waals surface area contributed by atoms with Crippen LogP contribution in [0.25, 0.3) is 22.3 Å². The van der Waals surface area contributed by atoms with Crippen molar-refractivity contribution in [3.63, 3.8) is 0 Å². The van der Waals surface area contributed by atoms with Gasteiger partial charge in [0, 0.05) is 97.8 Å². The first-order valence-corrected chi connectivity index (χ1v) is 30.0. The van der Waals surface area contributed by atoms with Crippen LogP contribution in [-0.4, -0.2) is 102 Å². The molecule has 0 saturated heterocycles. The molecule has 2 aliphatic rings. The smallest absolute Gasteiger partial charge is 0.336 e. The summed E-state index contributed by atoms with van der Waals surface area (Å²) in [4.78, 5) is 64.4. The fraction of sp³-hybridized carbons (Fsp3) is 0.370. The van der Waals surface area contributed by atoms with E-state index in [1.165, 1.54) is 36.4 Å². The maximum absolute atomic E-state index is 14.9. The van der Waals surface area contributed by atoms with Gasteiger partial charge in [0.2, 0.25) is 11.8 Å². The summed E-state index contributed by atoms with van der Waals surface area (Å²) in [6.45, 7) is -28.2. The SMILES string of the molecule is [2H]c1c([2H])c(CSc2nc(=O)c3c(n2CC(=O)N(Cc2c([2H])c([2H])c(-c4c([2H])c([2H])c(C(F)(F)F)c([2H])c4[2H])c([2H])c2C)C([2H])([2H])C([2H])([2H])N(C([2H])([2H])C)C([2H])([2H])C)CCC3)c([2H])c([2H])c1F.[2H]c1c([2H])c(CSc2nc(=O)c3c(n2CC(=O)N(Cc2ccc(-c4ccc(C(F)(F)F)cc4)cc2)C([2H])([2H])C([2H])([2H])N(C([2H])([2H])C)C([2H])([2H])C)C([2H])([2H])C([2H])([2H])C3([2H])[2H])c([2H])c([2H])c1F. The third-order valence-corrected chi connectivity index (χ3v) is 15.8. The summed E-state index contributed by atoms with van der Waals surface area (Å²) < 4.78 is 426. The van der Waals surface area contributed by atoms with Crippen LogP contribution in [-0.2, 0) is 85.2 Å². The summed E-state index contributed by atoms with van der Waals surface area (Å²) >= 11 is 0.926. The maximum Gasteiger partial charge on any atom is 0.416 e. The molecule has 0 saturated carbocycles. The van der Waals surface area contributed by atoms with Gasteiger partial charge < -0.3 is 28.7 Å². The number of hydrogen-bond donors (Lipinski definition) is 0. The lowest BCUT2D eigenvalue weighted by atomic mass is 9.98. The van der Waals surface area contributed by atoms with Crippen LogP contribution in [0.5, 0.6) is 0 Å². The number of benzene rings is 6. The number of fused-ring (bicyclic) bond motifs is 2. The zero-order chi connectivity index (χ0) is 101. The Hall–Kier alpha value is -7.92. The normalized spacial score (nSPS) is 21.3. The highest BCUT2D eigenvalue weighted by molar-refractivity contribution is 7.98. The van der Waals surface area contributed by atoms with E-state index in [1.807, 2.05) is 0 Å². The Morgan fingerprint density at radius 3 is 1.53 bits per heavy atom. The molecule has 8 aromatic rings. The van der Waals surface area contributed by atoms with Gasteiger partial charge in [-0.1, -0.05) is 142 Å². The second kappa shape index (κ2) is 32.7. The number of halogens is 8. The minimum Gasteiger partial charge on any atom is -0.336 e. The van der Waals surface area contributed by atoms with E-state index in [0.717, 1.165) is 37.5 Å². The van der Waals surface area contributed by atoms with E-state index in [4.69, 9.17) is 48.0 Å². The lowest BCUT2D eigenvalue weighted by Gasteiger charge is -2.28. The largest absolute Gasteiger partial charge is 0.416 e. The molecule has 0 aliphatic heterocycles. The van der Waals surface area contributed by atoms with E-state index in [0.29, 0.717) is 59.5 Å². The number of amides is 2. The van der Waals surface area contributed by atoms with E-state index >= 15 is 0 Å². The summed E-state index contributed by atoms with van der Waals surface area (Å²) in [5.41, 5.74) is -10.3. The minimum absolute atomic E-state index is 0.0141. The first-order valence-electron chi connectivity index (χ1n) is 46.6. The van der Waals surface area contributed by atoms with Crippen molar-refractivity contribution in [2.45, 2.75) is 133 Å². The van der Waals surface area contributed by atoms with Crippen molar-refractivity contribution >= 4 is 35.3 Å². The van der Waals surface area contributed by atoms with Gasteiger partial charge in [0.15, 0.2) is 10.3 Å². The number of likely N-dealkylation sites (N-methyl/N-ethyl adjacent to an activating group) is 2. The van der Waals surface area contributed by atoms with Gasteiger partial charge in [0.1, 0.15) is 24.7 Å². The van der Waals surface area contributed by atoms with Gasteiger partial charge in [-0.2, -0.15) is 36.3 Å². The zero-order valence-electron chi connectivity index (χ0n) is 87.5. The molecule has 0 radical (unpaired) electrons. The topological polar surface area (TPSA) is 117 Å². The molecule has 0 bridgehead atoms. The van der Waals surface area contributed by atoms with Crippen LogP contribution in [0, 0.1) is 18.6 Å². The number of carbonyl (C=O) groups excluding carboxylic acids is 2. The van der Waals surface area contributed by atoms with Crippen LogP contribution < -0.4 is 11.1 Å². The summed E-state index contributed by atoms with van der Waals surface area (Å²) in [6, 6.07) is -6.96. The summed E-state index contributed by atoms with van der Waals surface area (Å²) in [5.74, 6) is -7.14. The van der Waals surface area contributed by atoms with E-state index in [2.05, 4.69) is 9.97 Å². The van der Waals surface area contributed by atoms with E-state index in [-0.39, 0.29) is 60.0 Å². The van der Waals surface area contributed by atoms with Crippen LogP contribution in [0.3, 0.4) is 0 Å². The van der Waals surface area contributed by atoms with Crippen LogP contribution in [0.1, 0.15) is 153 Å². The highest BCUT2D eigenvalue weighted by atomic mass is 32.2. The first kappa shape index (κ1) is 37.0. The van der Waals surface area contributed by atoms with Crippen molar-refractivity contribution in [3.05, 3.63) is 233 Å². The van der Waals surface area contributed by atoms with Crippen LogP contribution in [0.4, 0.5) is 35.1 Å². The molecule has 0 N–H and O–H groups in total. The fourth-order valence-electron chi connectivity index (χ4n) is 8.98. The van der Waals surface area contributed by atoms with E-state index in [1.54, 1.807) is 0 Å². The van der Waals surface area contributed by atoms with Gasteiger partial charge in [-0.15, -0.1) is 0 Å². The zero-order valence-corrected chi connectivity index (χ0v) is 52.2. The average Bonchev–Trinajstić information content (AvgIpc) is 1.53. The van der Waals surface area contributed by atoms with Crippen molar-refractivity contribution in [3.8, 4) is 22.3 Å². The predicted molar refractivity (Wildman–Crippen MR) is 358 cm³/mol. The van der Waals surface area contributed by atoms with Crippen molar-refractivity contribution in [1.29, 1.82) is 0 Å². The third kappa shape index (κ3) is 19.0. The lowest BCUT2D eigenvalue weighted by Crippen LogP contribution is -2.40. The predicted octanol–water partition coefficient (Wildman–Crippen LogP) is 14.7. The van der Waals surface area contributed by atoms with Crippen molar-refractivity contribution < 1.29 is 95.4 Å². The second-order valence-electron chi connectivity index (χ2n) is 20.0. The summed E-state index contributed by atoms with van der Waals surface area (Å²) in [7, 11) is 0. The standard InChI is InChI=1S/C37H40F4N4O2S.C36H38F4N4O2S/c1-4-43(5-2)19-20-44(22-29-12-11-28(21-25(29)3)27-13-15-30(16-14-27)37(39,40)41)34(46)23-45-33-8-6-7-32(33)35(47)42-36(45)48-24-26-9-17-31(38)18-10-26;1-3-42(4-2)20-21-43(22-25-8-12-27(13-9-25)28-14-16-29(17-15-28)36(38,39)40)33(45)23-44-32-7-5-6-31(32)34(46)41-35(44)47-24-26-10-18-30(37)19-11-26/h9-18,21H,4-8,19-20,22-24H2,1-3H3;8-19H,3-7,20-24H2,1-2H3/i4D2,5D2,9D,10D,11D,12D,13D,14D,15D,16D,17D,18D,19D2,20D2,21D;3D2,4D2,5D2,6D2,7D2,10D,11D,18D,19D,20D2,21D2. The fourth-order valence-corrected chi connectivity index (χ4v) is 10.8. The molecule has 2 aliphatic carbocycles. The number of aromatic nitrogens is 4. The highest BCUT2D eigenvalue weighted by Gasteiger charge is 2.32. The molecule has 2 aromatic heterocycles. The number of thioether (sulfide) groups is 2. The quantitative estimate of drug-likeness (QED) is 0.0295. The molecular weight excluding hydrogens is 1270 g/mol. The Balaban J connectivity index is 0.000000297. The van der Waals surface area contributed by atoms with Crippen LogP contribution in [0.15, 0.2) is 159 Å². The van der Waals surface area contributed by atoms with E-state index in [9.17, 15) is 57.0 Å². The molecule has 12 nitrogen and oxygen atoms in total. The van der Waals surface area contributed by atoms with E-state index < -0.39 is 302 Å². The Morgan fingerprint density at radius 1 is 0.547 bits per heavy atom. The molecule has 0 fully saturated rings. The minimum atomic E-state index is -5.36. The summed E-state index contributed by atoms with van der Waals surface area (Å²) in [5, 5.41) is -1.08. The highest BCUT2D eigenvalue weighted by Crippen LogP contribution is 2.35. The molecule has 95 heavy (non-hydrogen) atoms. The number of alkyl halides is 6. The molecule has 2 heterocycles. The molecule has 10 rings (SSSR count). The molecule has 0 spiro atoms. The van der Waals surface area contributed by atoms with Crippen molar-refractivity contribution in [1.82, 2.24) is 38.7 Å². The Labute approximate surface area is 609 Å². The van der Waals surface area contributed by atoms with Gasteiger partial charge in [-0.3, -0.25) is 19.2 Å². The summed E-state index contributed by atoms with van der Waals surface area (Å²) in [6.07, 6.45) is -19.9. The number of hydrogen-bond acceptors (Lipinski definition) is 10. The number of nitrogens with zero attached hydrogens (tertiary/aromatic N) is 8. The lowest BCUT2D eigenvalue weighted by molar-refractivity contribution is -0.138. The van der Waals surface area contributed by atoms with Gasteiger partial charge in [-0.05, 0) is 170 Å². The number of carbonyl (C=O) groups is 2. The molecular formula is C73H78F8N8O4S2. The Morgan fingerprint density at radius 2 is 1.02 bits per heavy atom. The third-order valence-electron chi connectivity index (χ3n) is 13.8. The molecule has 502 valence electrons. The Bertz CT molecular complexity index is 5910. The van der Waals surface area contributed by atoms with Gasteiger partial charge in [0.25, 0.3) is 11.1 Å². The number of rotatable bonds is 26. The Kier molecular flexibility index (Phi) is 12.7. The van der Waals surface area contributed by atoms with Gasteiger partial charge >= 0.3 is 12.4 Å². The molecule has 0 unspecified atom stereocenters. The molecule has 0 atom stereocenters. The average molecular weight is 1380 g/mol. The second-order valence-corrected chi connectivity index (χ2v) is 21.8. The monoisotopic (exact) mass is 1380 g/mol. The van der Waals surface area contributed by atoms with Gasteiger partial charge in [-0.25, -0.2) is 8.78 Å². The van der Waals surface area contributed by atoms with Crippen molar-refractivity contribution in [2.75, 3.05) is 52.0 Å². The van der Waals surface area contributed by atoms with Crippen LogP contribution >= 0.6 is 23.5 Å². The van der Waals surface area contributed by atoms with Gasteiger partial charge in [0.05, 0.1) is 37.2 Å². The first-order chi connectivity index (χ1) is 59.8. The molecule has 22 heteroatoms. The maximum atomic E-state index is 14.9.